The van der Waals surface area contributed by atoms with Crippen molar-refractivity contribution < 1.29 is 47.5 Å². The summed E-state index contributed by atoms with van der Waals surface area (Å²) in [6.07, 6.45) is 14.0. The molecule has 66 heavy (non-hydrogen) atoms. The Balaban J connectivity index is -0.000000133. The van der Waals surface area contributed by atoms with E-state index in [1.807, 2.05) is 24.3 Å². The van der Waals surface area contributed by atoms with Crippen molar-refractivity contribution in [1.82, 2.24) is 29.4 Å². The first-order chi connectivity index (χ1) is 32.1. The molecule has 0 unspecified atom stereocenters. The molecule has 0 bridgehead atoms. The van der Waals surface area contributed by atoms with Crippen LogP contribution < -0.4 is 10.4 Å². The summed E-state index contributed by atoms with van der Waals surface area (Å²) in [5.74, 6) is 49.2. The standard InChI is InChI=1S/C22H25N5O4S2.C22H2.H3N5O4S2.11H2/c1-31-16-6-4-15(5-7-16)12-26-21-19(20-23-14-24-27(20)22(26)28)17-8-10-25(13-18(17)32-21)9-3-11-33(2,29)30;1-3-5-7-9-11-13-15-17-19-21-22-20-18-16-14-12-10-8-6-4-2;1-2-3-4-5(6-8-10)7-9-11;;;;;;;;;;;/h4-7,14H,3,8-13H2,1-2H3;1-2H;1,10-11H;11*1H/b;;2-1?,4-3+;;;;;;;;;;;. The number of aromatic nitrogens is 4. The number of sulfone groups is 1. The van der Waals surface area contributed by atoms with Crippen molar-refractivity contribution >= 4 is 62.9 Å². The van der Waals surface area contributed by atoms with E-state index in [9.17, 15) is 13.2 Å². The fraction of sp³-hybridized carbons (Fsp3) is 0.205. The Morgan fingerprint density at radius 3 is 1.88 bits per heavy atom. The van der Waals surface area contributed by atoms with E-state index < -0.39 is 9.84 Å². The highest BCUT2D eigenvalue weighted by Gasteiger charge is 2.26. The third-order valence-electron chi connectivity index (χ3n) is 7.59. The first-order valence-corrected chi connectivity index (χ1v) is 21.6. The summed E-state index contributed by atoms with van der Waals surface area (Å²) in [5.41, 5.74) is 8.77. The predicted octanol–water partition coefficient (Wildman–Crippen LogP) is 5.96. The van der Waals surface area contributed by atoms with Crippen molar-refractivity contribution in [1.29, 1.82) is 5.53 Å². The molecule has 350 valence electrons. The molecule has 1 aliphatic heterocycles. The number of methoxy groups -OCH3 is 1. The lowest BCUT2D eigenvalue weighted by Gasteiger charge is -2.26. The largest absolute Gasteiger partial charge is 0.497 e. The lowest BCUT2D eigenvalue weighted by atomic mass is 10.0. The number of thiol groups is 2. The summed E-state index contributed by atoms with van der Waals surface area (Å²) in [6, 6.07) is 7.69. The van der Waals surface area contributed by atoms with Gasteiger partial charge in [0.25, 0.3) is 0 Å². The normalized spacial score (nSPS) is 10.3. The van der Waals surface area contributed by atoms with Crippen molar-refractivity contribution in [2.45, 2.75) is 25.9 Å². The van der Waals surface area contributed by atoms with Crippen LogP contribution in [0.2, 0.25) is 0 Å². The molecular formula is C44H52N10O8S4. The van der Waals surface area contributed by atoms with Crippen molar-refractivity contribution in [2.24, 2.45) is 15.7 Å². The molecule has 1 aromatic carbocycles. The Labute approximate surface area is 411 Å². The number of nitrogens with zero attached hydrogens (tertiary/aromatic N) is 9. The lowest BCUT2D eigenvalue weighted by molar-refractivity contribution is -0.555. The molecule has 0 spiro atoms. The van der Waals surface area contributed by atoms with E-state index in [0.29, 0.717) is 18.6 Å². The number of fused-ring (bicyclic) bond motifs is 5. The molecule has 0 radical (unpaired) electrons. The van der Waals surface area contributed by atoms with Crippen LogP contribution in [0.25, 0.3) is 15.9 Å². The van der Waals surface area contributed by atoms with E-state index in [4.69, 9.17) is 23.1 Å². The number of terminal acetylenes is 2. The Bertz CT molecular complexity index is 3230. The van der Waals surface area contributed by atoms with Crippen molar-refractivity contribution in [2.75, 3.05) is 32.2 Å². The Morgan fingerprint density at radius 2 is 1.41 bits per heavy atom. The highest BCUT2D eigenvalue weighted by atomic mass is 32.2. The summed E-state index contributed by atoms with van der Waals surface area (Å²) in [6.45, 7) is 2.75. The van der Waals surface area contributed by atoms with Gasteiger partial charge >= 0.3 is 5.69 Å². The fourth-order valence-electron chi connectivity index (χ4n) is 5.13. The van der Waals surface area contributed by atoms with Gasteiger partial charge in [0.05, 0.1) is 30.1 Å². The lowest BCUT2D eigenvalue weighted by Crippen LogP contribution is -2.31. The van der Waals surface area contributed by atoms with Crippen LogP contribution >= 0.6 is 37.2 Å². The SMILES string of the molecule is C#CC#CC#CC#CC#CC#CC#CC#CC#CC#CC#C.COc1ccc(Cn2c(=O)n3ncnc3c3c4c(sc32)CN(CCCS(C)(=O)=O)CC4)cc1.N=N/N=N/N(OOS)OOS.[HH].[HH].[HH].[HH].[HH].[HH].[HH].[HH].[HH].[HH].[HH]. The van der Waals surface area contributed by atoms with E-state index in [1.54, 1.807) is 23.0 Å². The molecular weight excluding hydrogens is 925 g/mol. The van der Waals surface area contributed by atoms with Gasteiger partial charge in [-0.3, -0.25) is 9.47 Å². The van der Waals surface area contributed by atoms with Crippen LogP contribution in [0, 0.1) is 137 Å². The molecule has 0 saturated heterocycles. The molecule has 0 fully saturated rings. The van der Waals surface area contributed by atoms with Gasteiger partial charge in [-0.2, -0.15) is 15.1 Å². The molecule has 0 aliphatic carbocycles. The monoisotopic (exact) mass is 976 g/mol. The molecule has 1 N–H and O–H groups in total. The Morgan fingerprint density at radius 1 is 0.879 bits per heavy atom. The van der Waals surface area contributed by atoms with E-state index in [-0.39, 0.29) is 32.5 Å². The van der Waals surface area contributed by atoms with Crippen LogP contribution in [0.5, 0.6) is 5.75 Å². The third kappa shape index (κ3) is 18.7. The van der Waals surface area contributed by atoms with Gasteiger partial charge < -0.3 is 4.74 Å². The topological polar surface area (TPSA) is 200 Å². The van der Waals surface area contributed by atoms with Gasteiger partial charge in [-0.05, 0) is 158 Å². The Kier molecular flexibility index (Phi) is 23.8. The van der Waals surface area contributed by atoms with E-state index in [1.165, 1.54) is 27.5 Å². The number of ether oxygens (including phenoxy) is 1. The Hall–Kier alpha value is -8.06. The van der Waals surface area contributed by atoms with Crippen LogP contribution in [0.3, 0.4) is 0 Å². The van der Waals surface area contributed by atoms with Crippen molar-refractivity contribution in [3.63, 3.8) is 0 Å². The first-order valence-electron chi connectivity index (χ1n) is 18.0. The van der Waals surface area contributed by atoms with Crippen LogP contribution in [0.15, 0.2) is 51.1 Å². The fourth-order valence-corrected chi connectivity index (χ4v) is 7.28. The average Bonchev–Trinajstić information content (AvgIpc) is 3.95. The van der Waals surface area contributed by atoms with Gasteiger partial charge in [0.2, 0.25) is 0 Å². The molecule has 0 amide bonds. The molecule has 5 rings (SSSR count). The maximum absolute atomic E-state index is 13.3. The molecule has 0 saturated carbocycles. The molecule has 3 aromatic heterocycles. The number of hydrogen-bond acceptors (Lipinski definition) is 16. The molecule has 4 aromatic rings. The van der Waals surface area contributed by atoms with Gasteiger partial charge in [-0.15, -0.1) is 32.9 Å². The quantitative estimate of drug-likeness (QED) is 0.0355. The average molecular weight is 977 g/mol. The minimum atomic E-state index is -2.96. The molecule has 18 nitrogen and oxygen atoms in total. The number of rotatable bonds is 13. The van der Waals surface area contributed by atoms with Gasteiger partial charge in [0, 0.05) is 94.6 Å². The zero-order chi connectivity index (χ0) is 47.8. The number of nitrogens with one attached hydrogen (secondary N) is 1. The van der Waals surface area contributed by atoms with Crippen LogP contribution in [0.4, 0.5) is 0 Å². The van der Waals surface area contributed by atoms with Crippen LogP contribution in [-0.4, -0.2) is 70.0 Å². The van der Waals surface area contributed by atoms with Crippen molar-refractivity contribution in [3.05, 3.63) is 57.1 Å². The summed E-state index contributed by atoms with van der Waals surface area (Å²) in [5, 5.41) is 13.6. The summed E-state index contributed by atoms with van der Waals surface area (Å²) in [7, 11) is -1.33. The van der Waals surface area contributed by atoms with Crippen molar-refractivity contribution in [3.8, 4) is 137 Å². The van der Waals surface area contributed by atoms with Crippen LogP contribution in [0.1, 0.15) is 38.1 Å². The maximum Gasteiger partial charge on any atom is 0.352 e. The first kappa shape index (κ1) is 52.3. The highest BCUT2D eigenvalue weighted by Crippen LogP contribution is 2.36. The maximum atomic E-state index is 13.3. The summed E-state index contributed by atoms with van der Waals surface area (Å²) < 4.78 is 38.9. The highest BCUT2D eigenvalue weighted by molar-refractivity contribution is 7.90. The summed E-state index contributed by atoms with van der Waals surface area (Å²) >= 11 is 7.97. The summed E-state index contributed by atoms with van der Waals surface area (Å²) in [4.78, 5) is 30.0. The number of benzene rings is 1. The van der Waals surface area contributed by atoms with Gasteiger partial charge in [-0.25, -0.2) is 18.2 Å². The number of thiophene rings is 1. The molecule has 1 aliphatic rings. The minimum Gasteiger partial charge on any atom is -0.497 e. The second kappa shape index (κ2) is 30.1. The second-order valence-electron chi connectivity index (χ2n) is 11.8. The van der Waals surface area contributed by atoms with Crippen LogP contribution in [-0.2, 0) is 48.0 Å². The smallest absolute Gasteiger partial charge is 0.352 e. The minimum absolute atomic E-state index is 0. The zero-order valence-corrected chi connectivity index (χ0v) is 37.9. The predicted molar refractivity (Wildman–Crippen MR) is 273 cm³/mol. The van der Waals surface area contributed by atoms with E-state index in [2.05, 4.69) is 194 Å². The van der Waals surface area contributed by atoms with Gasteiger partial charge in [0.15, 0.2) is 5.65 Å². The molecule has 22 heteroatoms. The van der Waals surface area contributed by atoms with E-state index in [0.717, 1.165) is 47.6 Å². The van der Waals surface area contributed by atoms with E-state index >= 15 is 0 Å². The number of hydrogen-bond donors (Lipinski definition) is 3. The van der Waals surface area contributed by atoms with Gasteiger partial charge in [-0.1, -0.05) is 12.1 Å². The second-order valence-corrected chi connectivity index (χ2v) is 15.4. The zero-order valence-electron chi connectivity index (χ0n) is 34.5. The van der Waals surface area contributed by atoms with Gasteiger partial charge in [0.1, 0.15) is 26.7 Å². The molecule has 0 atom stereocenters. The third-order valence-corrected chi connectivity index (χ3v) is 10.00. The molecule has 4 heterocycles.